The highest BCUT2D eigenvalue weighted by atomic mass is 32.1. The molecule has 0 bridgehead atoms. The molecule has 0 atom stereocenters. The first-order chi connectivity index (χ1) is 10.0. The van der Waals surface area contributed by atoms with Crippen LogP contribution in [-0.2, 0) is 0 Å². The number of aliphatic hydroxyl groups excluding tert-OH is 1. The minimum atomic E-state index is -0.178. The SMILES string of the molecule is CCC(CC)(CO)CNc1snc(N)c1C(=O)NC1CC1. The third-order valence-corrected chi connectivity index (χ3v) is 5.14. The maximum Gasteiger partial charge on any atom is 0.258 e. The zero-order valence-electron chi connectivity index (χ0n) is 12.6. The quantitative estimate of drug-likeness (QED) is 0.587. The lowest BCUT2D eigenvalue weighted by atomic mass is 9.83. The van der Waals surface area contributed by atoms with Crippen LogP contribution in [-0.4, -0.2) is 34.6 Å². The van der Waals surface area contributed by atoms with Gasteiger partial charge in [-0.05, 0) is 37.2 Å². The summed E-state index contributed by atoms with van der Waals surface area (Å²) in [5.41, 5.74) is 6.08. The van der Waals surface area contributed by atoms with Crippen molar-refractivity contribution < 1.29 is 9.90 Å². The van der Waals surface area contributed by atoms with Gasteiger partial charge in [0, 0.05) is 18.0 Å². The highest BCUT2D eigenvalue weighted by Gasteiger charge is 2.29. The second kappa shape index (κ2) is 6.62. The zero-order valence-corrected chi connectivity index (χ0v) is 13.4. The average Bonchev–Trinajstić information content (AvgIpc) is 3.22. The molecule has 5 N–H and O–H groups in total. The van der Waals surface area contributed by atoms with E-state index < -0.39 is 0 Å². The van der Waals surface area contributed by atoms with Crippen LogP contribution in [0.25, 0.3) is 0 Å². The number of nitrogens with two attached hydrogens (primary N) is 1. The van der Waals surface area contributed by atoms with Crippen molar-refractivity contribution in [1.82, 2.24) is 9.69 Å². The molecule has 1 aliphatic carbocycles. The summed E-state index contributed by atoms with van der Waals surface area (Å²) in [6, 6.07) is 0.285. The third kappa shape index (κ3) is 3.65. The molecule has 0 saturated heterocycles. The number of carbonyl (C=O) groups excluding carboxylic acids is 1. The molecule has 0 spiro atoms. The van der Waals surface area contributed by atoms with Gasteiger partial charge in [-0.2, -0.15) is 4.37 Å². The lowest BCUT2D eigenvalue weighted by molar-refractivity contribution is 0.0953. The summed E-state index contributed by atoms with van der Waals surface area (Å²) in [4.78, 5) is 12.2. The molecule has 0 aromatic carbocycles. The molecule has 1 aromatic rings. The van der Waals surface area contributed by atoms with Gasteiger partial charge in [-0.3, -0.25) is 4.79 Å². The lowest BCUT2D eigenvalue weighted by Crippen LogP contribution is -2.33. The molecule has 1 aliphatic rings. The number of hydrogen-bond donors (Lipinski definition) is 4. The van der Waals surface area contributed by atoms with Crippen LogP contribution in [0.1, 0.15) is 49.9 Å². The number of amides is 1. The Morgan fingerprint density at radius 3 is 2.67 bits per heavy atom. The molecule has 6 nitrogen and oxygen atoms in total. The van der Waals surface area contributed by atoms with Gasteiger partial charge in [0.1, 0.15) is 10.6 Å². The Bertz CT molecular complexity index is 487. The molecule has 2 rings (SSSR count). The Morgan fingerprint density at radius 1 is 1.48 bits per heavy atom. The number of nitrogens with one attached hydrogen (secondary N) is 2. The van der Waals surface area contributed by atoms with Gasteiger partial charge in [-0.15, -0.1) is 0 Å². The van der Waals surface area contributed by atoms with Gasteiger partial charge >= 0.3 is 0 Å². The lowest BCUT2D eigenvalue weighted by Gasteiger charge is -2.29. The summed E-state index contributed by atoms with van der Waals surface area (Å²) in [5, 5.41) is 16.5. The Morgan fingerprint density at radius 2 is 2.14 bits per heavy atom. The van der Waals surface area contributed by atoms with Crippen LogP contribution < -0.4 is 16.4 Å². The Labute approximate surface area is 129 Å². The molecular weight excluding hydrogens is 288 g/mol. The molecule has 1 saturated carbocycles. The van der Waals surface area contributed by atoms with E-state index in [1.54, 1.807) is 0 Å². The summed E-state index contributed by atoms with van der Waals surface area (Å²) in [5.74, 6) is 0.108. The highest BCUT2D eigenvalue weighted by Crippen LogP contribution is 2.31. The number of aliphatic hydroxyl groups is 1. The number of rotatable bonds is 8. The van der Waals surface area contributed by atoms with E-state index >= 15 is 0 Å². The van der Waals surface area contributed by atoms with E-state index in [-0.39, 0.29) is 29.8 Å². The van der Waals surface area contributed by atoms with Crippen LogP contribution in [0.5, 0.6) is 0 Å². The Kier molecular flexibility index (Phi) is 5.05. The first kappa shape index (κ1) is 16.0. The summed E-state index contributed by atoms with van der Waals surface area (Å²) < 4.78 is 4.08. The van der Waals surface area contributed by atoms with Crippen LogP contribution in [0.4, 0.5) is 10.8 Å². The van der Waals surface area contributed by atoms with Gasteiger partial charge in [0.2, 0.25) is 0 Å². The standard InChI is InChI=1S/C14H24N4O2S/c1-3-14(4-2,8-19)7-16-13-10(11(15)18-21-13)12(20)17-9-5-6-9/h9,16,19H,3-8H2,1-2H3,(H2,15,18)(H,17,20). The van der Waals surface area contributed by atoms with Crippen molar-refractivity contribution in [2.75, 3.05) is 24.2 Å². The van der Waals surface area contributed by atoms with Crippen molar-refractivity contribution in [3.8, 4) is 0 Å². The van der Waals surface area contributed by atoms with E-state index in [1.807, 2.05) is 0 Å². The molecule has 118 valence electrons. The van der Waals surface area contributed by atoms with Crippen molar-refractivity contribution in [3.63, 3.8) is 0 Å². The predicted octanol–water partition coefficient (Wildman–Crippen LogP) is 1.83. The minimum Gasteiger partial charge on any atom is -0.396 e. The fourth-order valence-corrected chi connectivity index (χ4v) is 2.88. The van der Waals surface area contributed by atoms with Crippen LogP contribution in [0.15, 0.2) is 0 Å². The van der Waals surface area contributed by atoms with Crippen molar-refractivity contribution in [3.05, 3.63) is 5.56 Å². The van der Waals surface area contributed by atoms with Crippen molar-refractivity contribution in [2.24, 2.45) is 5.41 Å². The Hall–Kier alpha value is -1.34. The fourth-order valence-electron chi connectivity index (χ4n) is 2.18. The van der Waals surface area contributed by atoms with Crippen molar-refractivity contribution in [2.45, 2.75) is 45.6 Å². The number of carbonyl (C=O) groups is 1. The summed E-state index contributed by atoms with van der Waals surface area (Å²) >= 11 is 1.20. The monoisotopic (exact) mass is 312 g/mol. The maximum atomic E-state index is 12.2. The summed E-state index contributed by atoms with van der Waals surface area (Å²) in [7, 11) is 0. The van der Waals surface area contributed by atoms with Gasteiger partial charge in [-0.1, -0.05) is 13.8 Å². The molecule has 1 fully saturated rings. The first-order valence-corrected chi connectivity index (χ1v) is 8.23. The third-order valence-electron chi connectivity index (χ3n) is 4.32. The molecular formula is C14H24N4O2S. The minimum absolute atomic E-state index is 0.116. The molecule has 0 aliphatic heterocycles. The number of nitrogens with zero attached hydrogens (tertiary/aromatic N) is 1. The van der Waals surface area contributed by atoms with Gasteiger partial charge < -0.3 is 21.5 Å². The second-order valence-corrected chi connectivity index (χ2v) is 6.51. The Balaban J connectivity index is 2.07. The number of anilines is 2. The fraction of sp³-hybridized carbons (Fsp3) is 0.714. The van der Waals surface area contributed by atoms with Gasteiger partial charge in [0.05, 0.1) is 6.61 Å². The highest BCUT2D eigenvalue weighted by molar-refractivity contribution is 7.11. The van der Waals surface area contributed by atoms with Gasteiger partial charge in [0.25, 0.3) is 5.91 Å². The summed E-state index contributed by atoms with van der Waals surface area (Å²) in [6.07, 6.45) is 3.80. The van der Waals surface area contributed by atoms with Crippen LogP contribution in [0.3, 0.4) is 0 Å². The second-order valence-electron chi connectivity index (χ2n) is 5.74. The summed E-state index contributed by atoms with van der Waals surface area (Å²) in [6.45, 7) is 4.83. The van der Waals surface area contributed by atoms with Gasteiger partial charge in [0.15, 0.2) is 5.82 Å². The van der Waals surface area contributed by atoms with E-state index in [0.29, 0.717) is 17.1 Å². The van der Waals surface area contributed by atoms with E-state index in [2.05, 4.69) is 28.9 Å². The largest absolute Gasteiger partial charge is 0.396 e. The maximum absolute atomic E-state index is 12.2. The van der Waals surface area contributed by atoms with Crippen LogP contribution in [0, 0.1) is 5.41 Å². The predicted molar refractivity (Wildman–Crippen MR) is 85.6 cm³/mol. The van der Waals surface area contributed by atoms with E-state index in [0.717, 1.165) is 25.7 Å². The van der Waals surface area contributed by atoms with Crippen molar-refractivity contribution in [1.29, 1.82) is 0 Å². The molecule has 7 heteroatoms. The topological polar surface area (TPSA) is 100 Å². The van der Waals surface area contributed by atoms with Crippen molar-refractivity contribution >= 4 is 28.3 Å². The van der Waals surface area contributed by atoms with E-state index in [1.165, 1.54) is 11.5 Å². The molecule has 1 aromatic heterocycles. The smallest absolute Gasteiger partial charge is 0.258 e. The normalized spacial score (nSPS) is 15.0. The number of nitrogen functional groups attached to an aromatic ring is 1. The number of aromatic nitrogens is 1. The molecule has 21 heavy (non-hydrogen) atoms. The first-order valence-electron chi connectivity index (χ1n) is 7.46. The zero-order chi connectivity index (χ0) is 15.5. The molecule has 0 unspecified atom stereocenters. The van der Waals surface area contributed by atoms with Crippen LogP contribution in [0.2, 0.25) is 0 Å². The van der Waals surface area contributed by atoms with E-state index in [4.69, 9.17) is 5.73 Å². The molecule has 1 heterocycles. The number of hydrogen-bond acceptors (Lipinski definition) is 6. The van der Waals surface area contributed by atoms with Crippen LogP contribution >= 0.6 is 11.5 Å². The molecule has 1 amide bonds. The van der Waals surface area contributed by atoms with Gasteiger partial charge in [-0.25, -0.2) is 0 Å². The van der Waals surface area contributed by atoms with E-state index in [9.17, 15) is 9.90 Å². The molecule has 0 radical (unpaired) electrons. The average molecular weight is 312 g/mol.